The van der Waals surface area contributed by atoms with E-state index < -0.39 is 6.04 Å². The number of para-hydroxylation sites is 1. The maximum absolute atomic E-state index is 13.3. The molecule has 5 heteroatoms. The first kappa shape index (κ1) is 16.4. The molecule has 28 heavy (non-hydrogen) atoms. The van der Waals surface area contributed by atoms with Crippen LogP contribution < -0.4 is 5.43 Å². The van der Waals surface area contributed by atoms with Crippen LogP contribution in [0.2, 0.25) is 0 Å². The summed E-state index contributed by atoms with van der Waals surface area (Å²) in [5.41, 5.74) is 2.21. The van der Waals surface area contributed by atoms with Gasteiger partial charge in [-0.3, -0.25) is 14.6 Å². The molecule has 2 aromatic carbocycles. The highest BCUT2D eigenvalue weighted by Crippen LogP contribution is 2.38. The van der Waals surface area contributed by atoms with E-state index >= 15 is 0 Å². The second-order valence-corrected chi connectivity index (χ2v) is 6.75. The van der Waals surface area contributed by atoms with E-state index in [9.17, 15) is 9.59 Å². The van der Waals surface area contributed by atoms with Gasteiger partial charge in [0.15, 0.2) is 5.43 Å². The molecular formula is C23H16N2O3. The third kappa shape index (κ3) is 2.52. The molecule has 5 nitrogen and oxygen atoms in total. The highest BCUT2D eigenvalue weighted by molar-refractivity contribution is 5.98. The molecule has 0 bridgehead atoms. The molecule has 2 aromatic heterocycles. The Morgan fingerprint density at radius 3 is 2.43 bits per heavy atom. The van der Waals surface area contributed by atoms with Gasteiger partial charge in [-0.25, -0.2) is 0 Å². The lowest BCUT2D eigenvalue weighted by Crippen LogP contribution is -2.29. The Hall–Kier alpha value is -3.73. The van der Waals surface area contributed by atoms with Crippen molar-refractivity contribution in [2.24, 2.45) is 0 Å². The average Bonchev–Trinajstić information content (AvgIpc) is 3.02. The normalized spacial score (nSPS) is 15.8. The molecule has 1 aliphatic rings. The summed E-state index contributed by atoms with van der Waals surface area (Å²) in [6, 6.07) is 21.6. The molecule has 4 aromatic rings. The van der Waals surface area contributed by atoms with Gasteiger partial charge in [-0.15, -0.1) is 0 Å². The number of amides is 1. The number of nitrogens with zero attached hydrogens (tertiary/aromatic N) is 2. The monoisotopic (exact) mass is 368 g/mol. The molecular weight excluding hydrogens is 352 g/mol. The quantitative estimate of drug-likeness (QED) is 0.550. The summed E-state index contributed by atoms with van der Waals surface area (Å²) in [6.45, 7) is 0.362. The topological polar surface area (TPSA) is 63.4 Å². The number of pyridine rings is 1. The number of aromatic nitrogens is 1. The minimum Gasteiger partial charge on any atom is -0.450 e. The number of fused-ring (bicyclic) bond motifs is 2. The van der Waals surface area contributed by atoms with Crippen molar-refractivity contribution in [2.45, 2.75) is 12.6 Å². The van der Waals surface area contributed by atoms with Crippen molar-refractivity contribution < 1.29 is 9.21 Å². The summed E-state index contributed by atoms with van der Waals surface area (Å²) in [5, 5.41) is 0.469. The van der Waals surface area contributed by atoms with Gasteiger partial charge in [-0.05, 0) is 29.8 Å². The number of hydrogen-bond donors (Lipinski definition) is 0. The third-order valence-electron chi connectivity index (χ3n) is 5.04. The number of rotatable bonds is 3. The molecule has 0 fully saturated rings. The van der Waals surface area contributed by atoms with Crippen molar-refractivity contribution in [2.75, 3.05) is 0 Å². The van der Waals surface area contributed by atoms with Gasteiger partial charge in [-0.2, -0.15) is 0 Å². The van der Waals surface area contributed by atoms with Gasteiger partial charge in [-0.1, -0.05) is 48.5 Å². The van der Waals surface area contributed by atoms with Crippen molar-refractivity contribution in [3.05, 3.63) is 112 Å². The Morgan fingerprint density at radius 1 is 0.893 bits per heavy atom. The van der Waals surface area contributed by atoms with E-state index in [4.69, 9.17) is 4.42 Å². The molecule has 0 aliphatic carbocycles. The van der Waals surface area contributed by atoms with E-state index in [1.807, 2.05) is 48.5 Å². The second-order valence-electron chi connectivity index (χ2n) is 6.75. The molecule has 1 amide bonds. The molecule has 0 N–H and O–H groups in total. The van der Waals surface area contributed by atoms with Crippen LogP contribution in [0.4, 0.5) is 0 Å². The van der Waals surface area contributed by atoms with Gasteiger partial charge >= 0.3 is 0 Å². The third-order valence-corrected chi connectivity index (χ3v) is 5.04. The average molecular weight is 368 g/mol. The Morgan fingerprint density at radius 2 is 1.64 bits per heavy atom. The zero-order valence-electron chi connectivity index (χ0n) is 14.9. The Kier molecular flexibility index (Phi) is 3.79. The largest absolute Gasteiger partial charge is 0.450 e. The Labute approximate surface area is 160 Å². The fraction of sp³-hybridized carbons (Fsp3) is 0.0870. The van der Waals surface area contributed by atoms with Gasteiger partial charge in [0.05, 0.1) is 16.6 Å². The van der Waals surface area contributed by atoms with Crippen LogP contribution in [0, 0.1) is 0 Å². The van der Waals surface area contributed by atoms with Gasteiger partial charge in [0.2, 0.25) is 5.76 Å². The number of carbonyl (C=O) groups excluding carboxylic acids is 1. The highest BCUT2D eigenvalue weighted by Gasteiger charge is 2.43. The zero-order chi connectivity index (χ0) is 19.1. The maximum Gasteiger partial charge on any atom is 0.291 e. The molecule has 5 rings (SSSR count). The van der Waals surface area contributed by atoms with Gasteiger partial charge in [0.1, 0.15) is 11.6 Å². The first-order valence-electron chi connectivity index (χ1n) is 9.05. The van der Waals surface area contributed by atoms with Gasteiger partial charge in [0.25, 0.3) is 5.91 Å². The fourth-order valence-electron chi connectivity index (χ4n) is 3.76. The lowest BCUT2D eigenvalue weighted by atomic mass is 10.0. The number of carbonyl (C=O) groups is 1. The Bertz CT molecular complexity index is 1230. The molecule has 0 spiro atoms. The zero-order valence-corrected chi connectivity index (χ0v) is 14.9. The minimum absolute atomic E-state index is 0.107. The van der Waals surface area contributed by atoms with Gasteiger partial charge < -0.3 is 9.32 Å². The SMILES string of the molecule is O=C1c2oc3ccccc3c(=O)c2[C@H](c2ccccn2)N1Cc1ccccc1. The summed E-state index contributed by atoms with van der Waals surface area (Å²) in [6.07, 6.45) is 1.67. The van der Waals surface area contributed by atoms with Crippen molar-refractivity contribution in [1.29, 1.82) is 0 Å². The molecule has 0 saturated carbocycles. The molecule has 1 aliphatic heterocycles. The lowest BCUT2D eigenvalue weighted by molar-refractivity contribution is 0.0712. The van der Waals surface area contributed by atoms with Crippen molar-refractivity contribution in [1.82, 2.24) is 9.88 Å². The first-order valence-corrected chi connectivity index (χ1v) is 9.05. The summed E-state index contributed by atoms with van der Waals surface area (Å²) in [5.74, 6) is -0.187. The minimum atomic E-state index is -0.579. The summed E-state index contributed by atoms with van der Waals surface area (Å²) < 4.78 is 5.90. The van der Waals surface area contributed by atoms with E-state index in [1.165, 1.54) is 0 Å². The van der Waals surface area contributed by atoms with E-state index in [0.717, 1.165) is 5.56 Å². The predicted molar refractivity (Wildman–Crippen MR) is 105 cm³/mol. The van der Waals surface area contributed by atoms with Crippen LogP contribution in [0.25, 0.3) is 11.0 Å². The molecule has 3 heterocycles. The van der Waals surface area contributed by atoms with E-state index in [2.05, 4.69) is 4.98 Å². The lowest BCUT2D eigenvalue weighted by Gasteiger charge is -2.24. The number of hydrogen-bond acceptors (Lipinski definition) is 4. The van der Waals surface area contributed by atoms with Gasteiger partial charge in [0, 0.05) is 12.7 Å². The molecule has 136 valence electrons. The van der Waals surface area contributed by atoms with Crippen LogP contribution in [-0.4, -0.2) is 15.8 Å². The molecule has 0 unspecified atom stereocenters. The summed E-state index contributed by atoms with van der Waals surface area (Å²) >= 11 is 0. The molecule has 1 atom stereocenters. The van der Waals surface area contributed by atoms with Crippen LogP contribution in [-0.2, 0) is 6.54 Å². The van der Waals surface area contributed by atoms with E-state index in [0.29, 0.717) is 28.8 Å². The fourth-order valence-corrected chi connectivity index (χ4v) is 3.76. The van der Waals surface area contributed by atoms with E-state index in [-0.39, 0.29) is 17.1 Å². The standard InChI is InChI=1S/C23H16N2O3/c26-21-16-10-4-5-12-18(16)28-22-19(21)20(17-11-6-7-13-24-17)25(23(22)27)14-15-8-2-1-3-9-15/h1-13,20H,14H2/t20-/m0/s1. The summed E-state index contributed by atoms with van der Waals surface area (Å²) in [7, 11) is 0. The van der Waals surface area contributed by atoms with Crippen molar-refractivity contribution in [3.63, 3.8) is 0 Å². The maximum atomic E-state index is 13.3. The Balaban J connectivity index is 1.74. The second kappa shape index (κ2) is 6.46. The molecule has 0 radical (unpaired) electrons. The van der Waals surface area contributed by atoms with Crippen LogP contribution in [0.5, 0.6) is 0 Å². The van der Waals surface area contributed by atoms with Crippen LogP contribution in [0.1, 0.15) is 33.4 Å². The highest BCUT2D eigenvalue weighted by atomic mass is 16.3. The van der Waals surface area contributed by atoms with Crippen LogP contribution in [0.3, 0.4) is 0 Å². The van der Waals surface area contributed by atoms with Crippen LogP contribution >= 0.6 is 0 Å². The van der Waals surface area contributed by atoms with Crippen LogP contribution in [0.15, 0.2) is 88.2 Å². The smallest absolute Gasteiger partial charge is 0.291 e. The van der Waals surface area contributed by atoms with E-state index in [1.54, 1.807) is 35.4 Å². The summed E-state index contributed by atoms with van der Waals surface area (Å²) in [4.78, 5) is 32.6. The number of benzene rings is 2. The molecule has 0 saturated heterocycles. The van der Waals surface area contributed by atoms with Crippen molar-refractivity contribution in [3.8, 4) is 0 Å². The van der Waals surface area contributed by atoms with Crippen molar-refractivity contribution >= 4 is 16.9 Å². The predicted octanol–water partition coefficient (Wildman–Crippen LogP) is 3.93. The first-order chi connectivity index (χ1) is 13.7.